The summed E-state index contributed by atoms with van der Waals surface area (Å²) in [5, 5.41) is 1.15. The summed E-state index contributed by atoms with van der Waals surface area (Å²) in [7, 11) is 0. The Morgan fingerprint density at radius 2 is 0.519 bits per heavy atom. The van der Waals surface area contributed by atoms with Crippen LogP contribution >= 0.6 is 23.2 Å². The fourth-order valence-corrected chi connectivity index (χ4v) is 10.4. The molecule has 79 heavy (non-hydrogen) atoms. The van der Waals surface area contributed by atoms with Gasteiger partial charge >= 0.3 is 0 Å². The number of hydrogen-bond acceptors (Lipinski definition) is 7. The number of ketones is 3. The highest BCUT2D eigenvalue weighted by molar-refractivity contribution is 6.31. The minimum absolute atomic E-state index is 0.0920. The Bertz CT molecular complexity index is 3980. The molecule has 0 amide bonds. The van der Waals surface area contributed by atoms with E-state index in [9.17, 15) is 14.4 Å². The molecule has 0 aromatic heterocycles. The van der Waals surface area contributed by atoms with Gasteiger partial charge in [-0.05, 0) is 215 Å². The second-order valence-electron chi connectivity index (χ2n) is 18.9. The van der Waals surface area contributed by atoms with Crippen molar-refractivity contribution in [2.24, 2.45) is 0 Å². The Morgan fingerprint density at radius 1 is 0.266 bits per heavy atom. The maximum absolute atomic E-state index is 13.7. The Labute approximate surface area is 466 Å². The molecule has 0 unspecified atom stereocenters. The van der Waals surface area contributed by atoms with E-state index in [1.165, 1.54) is 22.3 Å². The van der Waals surface area contributed by atoms with Crippen molar-refractivity contribution >= 4 is 40.6 Å². The molecule has 0 atom stereocenters. The van der Waals surface area contributed by atoms with Crippen LogP contribution in [0.1, 0.15) is 70.0 Å². The zero-order valence-corrected chi connectivity index (χ0v) is 43.5. The van der Waals surface area contributed by atoms with E-state index in [1.54, 1.807) is 152 Å². The van der Waals surface area contributed by atoms with Crippen LogP contribution in [0.4, 0.5) is 0 Å². The molecule has 0 saturated carbocycles. The molecule has 0 aliphatic heterocycles. The molecule has 0 spiro atoms. The molecule has 12 rings (SSSR count). The summed E-state index contributed by atoms with van der Waals surface area (Å²) in [6, 6.07) is 82.6. The number of carbonyl (C=O) groups is 3. The third-order valence-electron chi connectivity index (χ3n) is 14.0. The Balaban J connectivity index is 0.707. The quantitative estimate of drug-likeness (QED) is 0.0891. The van der Waals surface area contributed by atoms with Crippen LogP contribution in [-0.2, 0) is 5.41 Å². The number of ether oxygens (including phenoxy) is 4. The molecule has 0 saturated heterocycles. The molecule has 0 N–H and O–H groups in total. The van der Waals surface area contributed by atoms with Crippen LogP contribution in [-0.4, -0.2) is 17.3 Å². The first-order chi connectivity index (χ1) is 38.6. The van der Waals surface area contributed by atoms with E-state index in [0.29, 0.717) is 89.4 Å². The number of carbonyl (C=O) groups excluding carboxylic acids is 3. The van der Waals surface area contributed by atoms with Gasteiger partial charge < -0.3 is 18.9 Å². The van der Waals surface area contributed by atoms with Crippen LogP contribution in [0.3, 0.4) is 0 Å². The van der Waals surface area contributed by atoms with Gasteiger partial charge in [-0.15, -0.1) is 0 Å². The minimum atomic E-state index is -0.653. The first-order valence-corrected chi connectivity index (χ1v) is 26.2. The van der Waals surface area contributed by atoms with E-state index in [2.05, 4.69) is 72.8 Å². The summed E-state index contributed by atoms with van der Waals surface area (Å²) in [6.45, 7) is 0. The molecule has 380 valence electrons. The lowest BCUT2D eigenvalue weighted by atomic mass is 9.68. The molecule has 1 aliphatic carbocycles. The topological polar surface area (TPSA) is 88.1 Å². The molecular weight excluding hydrogens is 1020 g/mol. The van der Waals surface area contributed by atoms with E-state index in [0.717, 1.165) is 11.1 Å². The molecule has 0 radical (unpaired) electrons. The lowest BCUT2D eigenvalue weighted by molar-refractivity contribution is 0.103. The van der Waals surface area contributed by atoms with E-state index >= 15 is 0 Å². The molecule has 9 heteroatoms. The van der Waals surface area contributed by atoms with Gasteiger partial charge in [0.1, 0.15) is 46.0 Å². The molecule has 7 nitrogen and oxygen atoms in total. The van der Waals surface area contributed by atoms with Crippen molar-refractivity contribution in [1.82, 2.24) is 0 Å². The number of rotatable bonds is 16. The smallest absolute Gasteiger partial charge is 0.193 e. The monoisotopic (exact) mass is 1070 g/mol. The molecule has 11 aromatic carbocycles. The predicted molar refractivity (Wildman–Crippen MR) is 309 cm³/mol. The predicted octanol–water partition coefficient (Wildman–Crippen LogP) is 18.2. The van der Waals surface area contributed by atoms with Crippen molar-refractivity contribution < 1.29 is 33.3 Å². The number of fused-ring (bicyclic) bond motifs is 3. The van der Waals surface area contributed by atoms with Gasteiger partial charge in [-0.25, -0.2) is 0 Å². The van der Waals surface area contributed by atoms with E-state index < -0.39 is 5.41 Å². The van der Waals surface area contributed by atoms with Gasteiger partial charge in [0.15, 0.2) is 17.3 Å². The lowest BCUT2D eigenvalue weighted by Gasteiger charge is -2.34. The maximum atomic E-state index is 13.7. The van der Waals surface area contributed by atoms with Gasteiger partial charge in [0.05, 0.1) is 5.41 Å². The zero-order valence-electron chi connectivity index (χ0n) is 42.0. The van der Waals surface area contributed by atoms with Crippen LogP contribution in [0.5, 0.6) is 46.0 Å². The molecular formula is C70H44Cl2O7. The third-order valence-corrected chi connectivity index (χ3v) is 14.5. The summed E-state index contributed by atoms with van der Waals surface area (Å²) >= 11 is 12.0. The van der Waals surface area contributed by atoms with E-state index in [4.69, 9.17) is 42.1 Å². The van der Waals surface area contributed by atoms with Crippen LogP contribution in [0.2, 0.25) is 10.0 Å². The Morgan fingerprint density at radius 3 is 0.823 bits per heavy atom. The summed E-state index contributed by atoms with van der Waals surface area (Å²) in [4.78, 5) is 39.7. The van der Waals surface area contributed by atoms with Gasteiger partial charge in [0.25, 0.3) is 0 Å². The van der Waals surface area contributed by atoms with Crippen molar-refractivity contribution in [3.8, 4) is 57.1 Å². The van der Waals surface area contributed by atoms with Gasteiger partial charge in [-0.1, -0.05) is 102 Å². The Kier molecular flexibility index (Phi) is 13.7. The summed E-state index contributed by atoms with van der Waals surface area (Å²) in [5.41, 5.74) is 9.39. The largest absolute Gasteiger partial charge is 0.457 e. The average molecular weight is 1070 g/mol. The number of hydrogen-bond donors (Lipinski definition) is 0. The first kappa shape index (κ1) is 50.1. The summed E-state index contributed by atoms with van der Waals surface area (Å²) in [5.74, 6) is 4.38. The van der Waals surface area contributed by atoms with Crippen molar-refractivity contribution in [3.05, 3.63) is 333 Å². The van der Waals surface area contributed by atoms with Gasteiger partial charge in [0.2, 0.25) is 0 Å². The van der Waals surface area contributed by atoms with Gasteiger partial charge in [-0.2, -0.15) is 0 Å². The number of halogens is 2. The van der Waals surface area contributed by atoms with Crippen LogP contribution < -0.4 is 18.9 Å². The molecule has 0 bridgehead atoms. The second-order valence-corrected chi connectivity index (χ2v) is 19.7. The normalized spacial score (nSPS) is 11.9. The van der Waals surface area contributed by atoms with Crippen LogP contribution in [0.15, 0.2) is 267 Å². The average Bonchev–Trinajstić information content (AvgIpc) is 3.95. The summed E-state index contributed by atoms with van der Waals surface area (Å²) in [6.07, 6.45) is 0. The van der Waals surface area contributed by atoms with Gasteiger partial charge in [0, 0.05) is 49.5 Å². The fourth-order valence-electron chi connectivity index (χ4n) is 10.1. The molecule has 1 aliphatic rings. The Hall–Kier alpha value is -9.79. The highest BCUT2D eigenvalue weighted by atomic mass is 35.5. The fraction of sp³-hybridized carbons (Fsp3) is 0.0143. The standard InChI is InChI=1S/C70H44Cl2O7/c71-53-28-12-45(13-29-53)67(73)47-16-32-55(33-17-47)76-59-40-24-51(25-41-59)70(65-10-3-1-8-63(65)64-9-2-4-11-66(64)70)52-26-42-60(43-27-52)77-56-34-18-49(19-35-56)69(75)50-22-38-58(39-23-50)79-62-7-5-6-61(44-62)78-57-36-20-48(21-37-57)68(74)46-14-30-54(72)31-15-46/h1-44H. The first-order valence-electron chi connectivity index (χ1n) is 25.4. The molecule has 11 aromatic rings. The third kappa shape index (κ3) is 10.3. The highest BCUT2D eigenvalue weighted by Crippen LogP contribution is 2.56. The zero-order chi connectivity index (χ0) is 53.9. The minimum Gasteiger partial charge on any atom is -0.457 e. The molecule has 0 fully saturated rings. The van der Waals surface area contributed by atoms with E-state index in [-0.39, 0.29) is 17.3 Å². The lowest BCUT2D eigenvalue weighted by Crippen LogP contribution is -2.28. The van der Waals surface area contributed by atoms with Crippen LogP contribution in [0.25, 0.3) is 11.1 Å². The number of benzene rings is 11. The van der Waals surface area contributed by atoms with Gasteiger partial charge in [-0.3, -0.25) is 14.4 Å². The van der Waals surface area contributed by atoms with Crippen molar-refractivity contribution in [3.63, 3.8) is 0 Å². The van der Waals surface area contributed by atoms with Crippen molar-refractivity contribution in [2.75, 3.05) is 0 Å². The van der Waals surface area contributed by atoms with Crippen molar-refractivity contribution in [2.45, 2.75) is 5.41 Å². The second kappa shape index (κ2) is 21.7. The van der Waals surface area contributed by atoms with Crippen LogP contribution in [0, 0.1) is 0 Å². The van der Waals surface area contributed by atoms with Crippen molar-refractivity contribution in [1.29, 1.82) is 0 Å². The highest BCUT2D eigenvalue weighted by Gasteiger charge is 2.46. The molecule has 0 heterocycles. The SMILES string of the molecule is O=C(c1ccc(Cl)cc1)c1ccc(Oc2ccc(C3(c4ccc(Oc5ccc(C(=O)c6ccc(Oc7cccc(Oc8ccc(C(=O)c9ccc(Cl)cc9)cc8)c7)cc6)cc5)cc4)c4ccccc4-c4ccccc43)cc2)cc1. The maximum Gasteiger partial charge on any atom is 0.193 e. The summed E-state index contributed by atoms with van der Waals surface area (Å²) < 4.78 is 24.9. The van der Waals surface area contributed by atoms with E-state index in [1.807, 2.05) is 42.5 Å².